The third kappa shape index (κ3) is 2.15. The molecule has 2 heterocycles. The minimum Gasteiger partial charge on any atom is -0.399 e. The SMILES string of the molecule is Nc1ccnc(Cc2ccc3cccnc3c2)c1. The van der Waals surface area contributed by atoms with Gasteiger partial charge in [0.2, 0.25) is 0 Å². The first-order chi connectivity index (χ1) is 8.81. The van der Waals surface area contributed by atoms with Gasteiger partial charge < -0.3 is 5.73 Å². The van der Waals surface area contributed by atoms with E-state index in [-0.39, 0.29) is 0 Å². The third-order valence-corrected chi connectivity index (χ3v) is 2.90. The molecule has 3 aromatic rings. The molecule has 0 amide bonds. The lowest BCUT2D eigenvalue weighted by Gasteiger charge is -2.03. The van der Waals surface area contributed by atoms with Gasteiger partial charge in [0, 0.05) is 35.6 Å². The van der Waals surface area contributed by atoms with Gasteiger partial charge in [0.25, 0.3) is 0 Å². The molecular formula is C15H13N3. The average Bonchev–Trinajstić information content (AvgIpc) is 2.39. The summed E-state index contributed by atoms with van der Waals surface area (Å²) in [4.78, 5) is 8.67. The molecule has 3 nitrogen and oxygen atoms in total. The van der Waals surface area contributed by atoms with E-state index in [0.29, 0.717) is 0 Å². The number of aromatic nitrogens is 2. The molecule has 3 rings (SSSR count). The van der Waals surface area contributed by atoms with Crippen molar-refractivity contribution in [2.24, 2.45) is 0 Å². The summed E-state index contributed by atoms with van der Waals surface area (Å²) < 4.78 is 0. The Bertz CT molecular complexity index is 692. The fourth-order valence-electron chi connectivity index (χ4n) is 2.02. The molecule has 0 unspecified atom stereocenters. The van der Waals surface area contributed by atoms with Crippen LogP contribution in [0.5, 0.6) is 0 Å². The Balaban J connectivity index is 1.95. The van der Waals surface area contributed by atoms with Crippen LogP contribution in [0, 0.1) is 0 Å². The van der Waals surface area contributed by atoms with Gasteiger partial charge in [0.15, 0.2) is 0 Å². The molecule has 0 radical (unpaired) electrons. The number of nitrogens with zero attached hydrogens (tertiary/aromatic N) is 2. The first kappa shape index (κ1) is 10.7. The van der Waals surface area contributed by atoms with Crippen molar-refractivity contribution in [2.45, 2.75) is 6.42 Å². The molecule has 0 aliphatic carbocycles. The van der Waals surface area contributed by atoms with Crippen molar-refractivity contribution in [2.75, 3.05) is 5.73 Å². The first-order valence-electron chi connectivity index (χ1n) is 5.85. The van der Waals surface area contributed by atoms with Crippen molar-refractivity contribution in [3.63, 3.8) is 0 Å². The Morgan fingerprint density at radius 3 is 2.78 bits per heavy atom. The molecule has 0 aliphatic rings. The quantitative estimate of drug-likeness (QED) is 0.743. The van der Waals surface area contributed by atoms with Crippen molar-refractivity contribution in [3.8, 4) is 0 Å². The largest absolute Gasteiger partial charge is 0.399 e. The summed E-state index contributed by atoms with van der Waals surface area (Å²) in [6.45, 7) is 0. The average molecular weight is 235 g/mol. The van der Waals surface area contributed by atoms with Gasteiger partial charge in [0.1, 0.15) is 0 Å². The summed E-state index contributed by atoms with van der Waals surface area (Å²) in [5.41, 5.74) is 9.68. The predicted octanol–water partition coefficient (Wildman–Crippen LogP) is 2.80. The molecule has 3 heteroatoms. The van der Waals surface area contributed by atoms with E-state index in [2.05, 4.69) is 34.2 Å². The molecule has 0 bridgehead atoms. The van der Waals surface area contributed by atoms with E-state index in [0.717, 1.165) is 28.7 Å². The summed E-state index contributed by atoms with van der Waals surface area (Å²) >= 11 is 0. The second-order valence-corrected chi connectivity index (χ2v) is 4.29. The number of rotatable bonds is 2. The topological polar surface area (TPSA) is 51.8 Å². The Hall–Kier alpha value is -2.42. The lowest BCUT2D eigenvalue weighted by atomic mass is 10.1. The number of fused-ring (bicyclic) bond motifs is 1. The predicted molar refractivity (Wildman–Crippen MR) is 73.2 cm³/mol. The van der Waals surface area contributed by atoms with Crippen LogP contribution in [0.4, 0.5) is 5.69 Å². The molecule has 18 heavy (non-hydrogen) atoms. The smallest absolute Gasteiger partial charge is 0.0704 e. The summed E-state index contributed by atoms with van der Waals surface area (Å²) in [5.74, 6) is 0. The number of pyridine rings is 2. The normalized spacial score (nSPS) is 10.7. The Morgan fingerprint density at radius 2 is 1.89 bits per heavy atom. The van der Waals surface area contributed by atoms with Crippen molar-refractivity contribution < 1.29 is 0 Å². The van der Waals surface area contributed by atoms with Crippen molar-refractivity contribution in [3.05, 3.63) is 66.1 Å². The second-order valence-electron chi connectivity index (χ2n) is 4.29. The van der Waals surface area contributed by atoms with Gasteiger partial charge in [-0.3, -0.25) is 9.97 Å². The van der Waals surface area contributed by atoms with E-state index in [1.165, 1.54) is 5.56 Å². The molecule has 0 fully saturated rings. The first-order valence-corrected chi connectivity index (χ1v) is 5.85. The molecular weight excluding hydrogens is 222 g/mol. The molecule has 0 saturated heterocycles. The second kappa shape index (κ2) is 4.45. The highest BCUT2D eigenvalue weighted by Gasteiger charge is 2.00. The van der Waals surface area contributed by atoms with Crippen molar-refractivity contribution in [1.29, 1.82) is 0 Å². The number of nitrogen functional groups attached to an aromatic ring is 1. The fraction of sp³-hybridized carbons (Fsp3) is 0.0667. The van der Waals surface area contributed by atoms with Crippen LogP contribution in [0.15, 0.2) is 54.9 Å². The Kier molecular flexibility index (Phi) is 2.65. The van der Waals surface area contributed by atoms with E-state index in [1.807, 2.05) is 18.3 Å². The molecule has 88 valence electrons. The van der Waals surface area contributed by atoms with Gasteiger partial charge in [-0.15, -0.1) is 0 Å². The van der Waals surface area contributed by atoms with Crippen LogP contribution in [0.3, 0.4) is 0 Å². The molecule has 0 aliphatic heterocycles. The van der Waals surface area contributed by atoms with E-state index >= 15 is 0 Å². The molecule has 0 spiro atoms. The number of hydrogen-bond donors (Lipinski definition) is 1. The Morgan fingerprint density at radius 1 is 0.944 bits per heavy atom. The van der Waals surface area contributed by atoms with Gasteiger partial charge in [-0.1, -0.05) is 18.2 Å². The monoisotopic (exact) mass is 235 g/mol. The summed E-state index contributed by atoms with van der Waals surface area (Å²) in [5, 5.41) is 1.15. The van der Waals surface area contributed by atoms with Gasteiger partial charge in [0.05, 0.1) is 5.52 Å². The maximum Gasteiger partial charge on any atom is 0.0704 e. The number of nitrogens with two attached hydrogens (primary N) is 1. The van der Waals surface area contributed by atoms with Crippen molar-refractivity contribution >= 4 is 16.6 Å². The van der Waals surface area contributed by atoms with Crippen LogP contribution in [-0.2, 0) is 6.42 Å². The van der Waals surface area contributed by atoms with Gasteiger partial charge in [-0.25, -0.2) is 0 Å². The molecule has 2 N–H and O–H groups in total. The maximum absolute atomic E-state index is 5.75. The fourth-order valence-corrected chi connectivity index (χ4v) is 2.02. The Labute approximate surface area is 105 Å². The number of anilines is 1. The zero-order valence-electron chi connectivity index (χ0n) is 9.88. The highest BCUT2D eigenvalue weighted by molar-refractivity contribution is 5.78. The number of benzene rings is 1. The van der Waals surface area contributed by atoms with E-state index < -0.39 is 0 Å². The van der Waals surface area contributed by atoms with E-state index in [4.69, 9.17) is 5.73 Å². The van der Waals surface area contributed by atoms with Crippen LogP contribution < -0.4 is 5.73 Å². The van der Waals surface area contributed by atoms with Crippen LogP contribution in [0.1, 0.15) is 11.3 Å². The summed E-state index contributed by atoms with van der Waals surface area (Å²) in [6.07, 6.45) is 4.33. The summed E-state index contributed by atoms with van der Waals surface area (Å²) in [6, 6.07) is 14.0. The summed E-state index contributed by atoms with van der Waals surface area (Å²) in [7, 11) is 0. The van der Waals surface area contributed by atoms with Crippen molar-refractivity contribution in [1.82, 2.24) is 9.97 Å². The molecule has 1 aromatic carbocycles. The van der Waals surface area contributed by atoms with Gasteiger partial charge >= 0.3 is 0 Å². The molecule has 0 saturated carbocycles. The van der Waals surface area contributed by atoms with Crippen LogP contribution in [-0.4, -0.2) is 9.97 Å². The van der Waals surface area contributed by atoms with Gasteiger partial charge in [-0.05, 0) is 29.8 Å². The highest BCUT2D eigenvalue weighted by atomic mass is 14.7. The van der Waals surface area contributed by atoms with Gasteiger partial charge in [-0.2, -0.15) is 0 Å². The zero-order chi connectivity index (χ0) is 12.4. The van der Waals surface area contributed by atoms with Crippen LogP contribution >= 0.6 is 0 Å². The number of hydrogen-bond acceptors (Lipinski definition) is 3. The van der Waals surface area contributed by atoms with E-state index in [9.17, 15) is 0 Å². The standard InChI is InChI=1S/C15H13N3/c16-13-5-7-17-14(10-13)8-11-3-4-12-2-1-6-18-15(12)9-11/h1-7,9-10H,8H2,(H2,16,17). The maximum atomic E-state index is 5.75. The minimum atomic E-state index is 0.749. The zero-order valence-corrected chi connectivity index (χ0v) is 9.88. The lowest BCUT2D eigenvalue weighted by Crippen LogP contribution is -1.94. The van der Waals surface area contributed by atoms with Crippen LogP contribution in [0.2, 0.25) is 0 Å². The van der Waals surface area contributed by atoms with Crippen LogP contribution in [0.25, 0.3) is 10.9 Å². The molecule has 2 aromatic heterocycles. The minimum absolute atomic E-state index is 0.749. The lowest BCUT2D eigenvalue weighted by molar-refractivity contribution is 1.08. The highest BCUT2D eigenvalue weighted by Crippen LogP contribution is 2.16. The van der Waals surface area contributed by atoms with E-state index in [1.54, 1.807) is 12.3 Å². The molecule has 0 atom stereocenters. The third-order valence-electron chi connectivity index (χ3n) is 2.90.